The topological polar surface area (TPSA) is 61.8 Å². The van der Waals surface area contributed by atoms with Gasteiger partial charge in [0, 0.05) is 12.7 Å². The summed E-state index contributed by atoms with van der Waals surface area (Å²) in [5.74, 6) is 0.341. The van der Waals surface area contributed by atoms with E-state index in [2.05, 4.69) is 5.32 Å². The lowest BCUT2D eigenvalue weighted by atomic mass is 10.2. The second-order valence-corrected chi connectivity index (χ2v) is 5.97. The van der Waals surface area contributed by atoms with Gasteiger partial charge in [0.25, 0.3) is 0 Å². The number of urea groups is 1. The lowest BCUT2D eigenvalue weighted by Crippen LogP contribution is -2.40. The first-order chi connectivity index (χ1) is 11.9. The Labute approximate surface area is 147 Å². The highest BCUT2D eigenvalue weighted by atomic mass is 19.1. The molecule has 0 aliphatic rings. The third-order valence-electron chi connectivity index (χ3n) is 3.98. The molecule has 134 valence electrons. The zero-order valence-corrected chi connectivity index (χ0v) is 14.6. The number of halogens is 1. The number of hydrogen-bond acceptors (Lipinski definition) is 3. The number of benzene rings is 2. The summed E-state index contributed by atoms with van der Waals surface area (Å²) in [4.78, 5) is 13.6. The van der Waals surface area contributed by atoms with Crippen molar-refractivity contribution in [1.82, 2.24) is 4.90 Å². The molecule has 0 aliphatic carbocycles. The third kappa shape index (κ3) is 5.19. The van der Waals surface area contributed by atoms with E-state index in [1.165, 1.54) is 17.0 Å². The van der Waals surface area contributed by atoms with Gasteiger partial charge < -0.3 is 20.1 Å². The molecule has 0 radical (unpaired) electrons. The monoisotopic (exact) mass is 346 g/mol. The largest absolute Gasteiger partial charge is 0.489 e. The lowest BCUT2D eigenvalue weighted by Gasteiger charge is -2.24. The van der Waals surface area contributed by atoms with Crippen molar-refractivity contribution in [3.8, 4) is 5.75 Å². The highest BCUT2D eigenvalue weighted by molar-refractivity contribution is 5.90. The van der Waals surface area contributed by atoms with E-state index < -0.39 is 0 Å². The molecule has 1 unspecified atom stereocenters. The summed E-state index contributed by atoms with van der Waals surface area (Å²) in [7, 11) is 1.63. The van der Waals surface area contributed by atoms with Crippen molar-refractivity contribution in [3.63, 3.8) is 0 Å². The summed E-state index contributed by atoms with van der Waals surface area (Å²) >= 11 is 0. The molecule has 0 bridgehead atoms. The molecule has 0 heterocycles. The van der Waals surface area contributed by atoms with Crippen LogP contribution in [-0.2, 0) is 6.61 Å². The molecular weight excluding hydrogens is 323 g/mol. The van der Waals surface area contributed by atoms with Crippen LogP contribution in [0, 0.1) is 12.7 Å². The standard InChI is InChI=1S/C19H23FN2O3/c1-13-9-17(25-12-15-5-4-6-16(20)10-15)7-8-18(13)21-19(24)22(3)14(2)11-23/h4-10,14,23H,11-12H2,1-3H3,(H,21,24). The van der Waals surface area contributed by atoms with Crippen LogP contribution in [0.4, 0.5) is 14.9 Å². The highest BCUT2D eigenvalue weighted by Gasteiger charge is 2.15. The minimum atomic E-state index is -0.295. The van der Waals surface area contributed by atoms with E-state index in [0.29, 0.717) is 11.4 Å². The first-order valence-electron chi connectivity index (χ1n) is 8.03. The maximum Gasteiger partial charge on any atom is 0.321 e. The van der Waals surface area contributed by atoms with E-state index in [9.17, 15) is 9.18 Å². The Bertz CT molecular complexity index is 736. The summed E-state index contributed by atoms with van der Waals surface area (Å²) < 4.78 is 18.8. The first-order valence-corrected chi connectivity index (χ1v) is 8.03. The fourth-order valence-electron chi connectivity index (χ4n) is 2.19. The van der Waals surface area contributed by atoms with Crippen LogP contribution in [0.25, 0.3) is 0 Å². The van der Waals surface area contributed by atoms with E-state index in [0.717, 1.165) is 11.1 Å². The van der Waals surface area contributed by atoms with Crippen LogP contribution in [0.3, 0.4) is 0 Å². The Morgan fingerprint density at radius 3 is 2.72 bits per heavy atom. The van der Waals surface area contributed by atoms with Crippen molar-refractivity contribution in [1.29, 1.82) is 0 Å². The number of nitrogens with one attached hydrogen (secondary N) is 1. The Balaban J connectivity index is 1.99. The molecule has 0 spiro atoms. The minimum absolute atomic E-state index is 0.101. The van der Waals surface area contributed by atoms with Crippen LogP contribution >= 0.6 is 0 Å². The molecule has 2 amide bonds. The van der Waals surface area contributed by atoms with Crippen LogP contribution < -0.4 is 10.1 Å². The van der Waals surface area contributed by atoms with Crippen molar-refractivity contribution in [2.24, 2.45) is 0 Å². The molecule has 2 aromatic rings. The molecule has 0 aromatic heterocycles. The normalized spacial score (nSPS) is 11.7. The van der Waals surface area contributed by atoms with Gasteiger partial charge in [0.15, 0.2) is 0 Å². The first kappa shape index (κ1) is 18.7. The second-order valence-electron chi connectivity index (χ2n) is 5.97. The summed E-state index contributed by atoms with van der Waals surface area (Å²) in [5.41, 5.74) is 2.25. The zero-order chi connectivity index (χ0) is 18.4. The summed E-state index contributed by atoms with van der Waals surface area (Å²) in [6, 6.07) is 11.0. The van der Waals surface area contributed by atoms with Gasteiger partial charge >= 0.3 is 6.03 Å². The number of aliphatic hydroxyl groups excluding tert-OH is 1. The van der Waals surface area contributed by atoms with Crippen molar-refractivity contribution < 1.29 is 19.0 Å². The molecular formula is C19H23FN2O3. The molecule has 0 saturated carbocycles. The average Bonchev–Trinajstić information content (AvgIpc) is 2.60. The van der Waals surface area contributed by atoms with Gasteiger partial charge in [-0.2, -0.15) is 0 Å². The van der Waals surface area contributed by atoms with Gasteiger partial charge in [0.2, 0.25) is 0 Å². The van der Waals surface area contributed by atoms with Crippen molar-refractivity contribution in [2.75, 3.05) is 19.0 Å². The van der Waals surface area contributed by atoms with Crippen molar-refractivity contribution in [2.45, 2.75) is 26.5 Å². The van der Waals surface area contributed by atoms with E-state index in [1.54, 1.807) is 38.2 Å². The number of aryl methyl sites for hydroxylation is 1. The van der Waals surface area contributed by atoms with Gasteiger partial charge in [-0.1, -0.05) is 12.1 Å². The van der Waals surface area contributed by atoms with Gasteiger partial charge in [-0.3, -0.25) is 0 Å². The fourth-order valence-corrected chi connectivity index (χ4v) is 2.19. The predicted molar refractivity (Wildman–Crippen MR) is 95.2 cm³/mol. The maximum atomic E-state index is 13.2. The molecule has 1 atom stereocenters. The molecule has 0 fully saturated rings. The highest BCUT2D eigenvalue weighted by Crippen LogP contribution is 2.22. The van der Waals surface area contributed by atoms with Gasteiger partial charge in [-0.25, -0.2) is 9.18 Å². The number of anilines is 1. The number of aliphatic hydroxyl groups is 1. The SMILES string of the molecule is Cc1cc(OCc2cccc(F)c2)ccc1NC(=O)N(C)C(C)CO. The second kappa shape index (κ2) is 8.48. The molecule has 0 saturated heterocycles. The van der Waals surface area contributed by atoms with Crippen LogP contribution in [0.5, 0.6) is 5.75 Å². The quantitative estimate of drug-likeness (QED) is 0.841. The molecule has 2 rings (SSSR count). The molecule has 2 N–H and O–H groups in total. The van der Waals surface area contributed by atoms with Gasteiger partial charge in [-0.05, 0) is 55.3 Å². The fraction of sp³-hybridized carbons (Fsp3) is 0.316. The van der Waals surface area contributed by atoms with Crippen LogP contribution in [-0.4, -0.2) is 35.7 Å². The lowest BCUT2D eigenvalue weighted by molar-refractivity contribution is 0.166. The van der Waals surface area contributed by atoms with Crippen molar-refractivity contribution in [3.05, 3.63) is 59.4 Å². The Kier molecular flexibility index (Phi) is 6.36. The Morgan fingerprint density at radius 1 is 1.32 bits per heavy atom. The smallest absolute Gasteiger partial charge is 0.321 e. The van der Waals surface area contributed by atoms with E-state index in [-0.39, 0.29) is 31.1 Å². The van der Waals surface area contributed by atoms with Crippen LogP contribution in [0.15, 0.2) is 42.5 Å². The van der Waals surface area contributed by atoms with Gasteiger partial charge in [0.05, 0.1) is 12.6 Å². The average molecular weight is 346 g/mol. The molecule has 2 aromatic carbocycles. The molecule has 0 aliphatic heterocycles. The zero-order valence-electron chi connectivity index (χ0n) is 14.6. The summed E-state index contributed by atoms with van der Waals surface area (Å²) in [6.45, 7) is 3.78. The van der Waals surface area contributed by atoms with E-state index in [1.807, 2.05) is 13.0 Å². The Hall–Kier alpha value is -2.60. The van der Waals surface area contributed by atoms with E-state index in [4.69, 9.17) is 9.84 Å². The van der Waals surface area contributed by atoms with Crippen LogP contribution in [0.1, 0.15) is 18.1 Å². The van der Waals surface area contributed by atoms with Crippen LogP contribution in [0.2, 0.25) is 0 Å². The predicted octanol–water partition coefficient (Wildman–Crippen LogP) is 3.56. The minimum Gasteiger partial charge on any atom is -0.489 e. The van der Waals surface area contributed by atoms with E-state index >= 15 is 0 Å². The van der Waals surface area contributed by atoms with Crippen molar-refractivity contribution >= 4 is 11.7 Å². The molecule has 5 nitrogen and oxygen atoms in total. The summed E-state index contributed by atoms with van der Waals surface area (Å²) in [5, 5.41) is 11.9. The number of carbonyl (C=O) groups is 1. The number of hydrogen-bond donors (Lipinski definition) is 2. The van der Waals surface area contributed by atoms with Gasteiger partial charge in [-0.15, -0.1) is 0 Å². The maximum absolute atomic E-state index is 13.2. The van der Waals surface area contributed by atoms with Gasteiger partial charge in [0.1, 0.15) is 18.2 Å². The Morgan fingerprint density at radius 2 is 2.08 bits per heavy atom. The molecule has 6 heteroatoms. The molecule has 25 heavy (non-hydrogen) atoms. The number of rotatable bonds is 6. The summed E-state index contributed by atoms with van der Waals surface area (Å²) in [6.07, 6.45) is 0. The number of nitrogens with zero attached hydrogens (tertiary/aromatic N) is 1. The third-order valence-corrected chi connectivity index (χ3v) is 3.98. The number of carbonyl (C=O) groups excluding carboxylic acids is 1. The number of amides is 2. The number of likely N-dealkylation sites (N-methyl/N-ethyl adjacent to an activating group) is 1. The number of ether oxygens (including phenoxy) is 1.